The van der Waals surface area contributed by atoms with Crippen LogP contribution in [-0.4, -0.2) is 31.2 Å². The molecule has 1 amide bonds. The molecule has 0 spiro atoms. The molecule has 0 atom stereocenters. The minimum atomic E-state index is -0.333. The van der Waals surface area contributed by atoms with E-state index in [1.807, 2.05) is 19.1 Å². The molecule has 0 saturated heterocycles. The lowest BCUT2D eigenvalue weighted by Crippen LogP contribution is -2.43. The molecule has 0 bridgehead atoms. The molecule has 132 valence electrons. The van der Waals surface area contributed by atoms with Gasteiger partial charge in [-0.3, -0.25) is 15.6 Å². The van der Waals surface area contributed by atoms with Gasteiger partial charge in [-0.1, -0.05) is 17.7 Å². The molecule has 10 heteroatoms. The van der Waals surface area contributed by atoms with Crippen molar-refractivity contribution in [2.75, 3.05) is 5.32 Å². The number of amides is 1. The average molecular weight is 388 g/mol. The second-order valence-corrected chi connectivity index (χ2v) is 6.06. The van der Waals surface area contributed by atoms with E-state index in [2.05, 4.69) is 31.7 Å². The second-order valence-electron chi connectivity index (χ2n) is 5.25. The Morgan fingerprint density at radius 1 is 1.15 bits per heavy atom. The van der Waals surface area contributed by atoms with Crippen molar-refractivity contribution in [3.63, 3.8) is 0 Å². The average Bonchev–Trinajstić information content (AvgIpc) is 3.18. The van der Waals surface area contributed by atoms with Gasteiger partial charge in [0, 0.05) is 16.3 Å². The quantitative estimate of drug-likeness (QED) is 0.468. The molecule has 0 aliphatic carbocycles. The van der Waals surface area contributed by atoms with E-state index in [9.17, 15) is 4.79 Å². The summed E-state index contributed by atoms with van der Waals surface area (Å²) in [5.74, 6) is -0.333. The topological polar surface area (TPSA) is 96.8 Å². The lowest BCUT2D eigenvalue weighted by atomic mass is 10.2. The van der Waals surface area contributed by atoms with Crippen molar-refractivity contribution in [3.8, 4) is 5.69 Å². The first-order valence-corrected chi connectivity index (χ1v) is 8.29. The van der Waals surface area contributed by atoms with Crippen molar-refractivity contribution in [1.29, 1.82) is 0 Å². The van der Waals surface area contributed by atoms with E-state index in [1.54, 1.807) is 30.3 Å². The number of hydrazine groups is 1. The van der Waals surface area contributed by atoms with E-state index < -0.39 is 0 Å². The highest BCUT2D eigenvalue weighted by Gasteiger charge is 2.08. The Morgan fingerprint density at radius 2 is 1.92 bits per heavy atom. The van der Waals surface area contributed by atoms with Gasteiger partial charge in [-0.25, -0.2) is 4.68 Å². The second kappa shape index (κ2) is 7.89. The first-order chi connectivity index (χ1) is 12.5. The van der Waals surface area contributed by atoms with Crippen molar-refractivity contribution < 1.29 is 4.79 Å². The third-order valence-electron chi connectivity index (χ3n) is 3.55. The zero-order valence-electron chi connectivity index (χ0n) is 13.6. The number of carbonyl (C=O) groups excluding carboxylic acids is 1. The summed E-state index contributed by atoms with van der Waals surface area (Å²) in [6.45, 7) is 1.87. The molecule has 3 aromatic rings. The monoisotopic (exact) mass is 387 g/mol. The molecule has 26 heavy (non-hydrogen) atoms. The summed E-state index contributed by atoms with van der Waals surface area (Å²) in [5.41, 5.74) is 8.01. The summed E-state index contributed by atoms with van der Waals surface area (Å²) in [4.78, 5) is 12.2. The minimum Gasteiger partial charge on any atom is -0.331 e. The molecule has 3 N–H and O–H groups in total. The van der Waals surface area contributed by atoms with Crippen LogP contribution in [0.25, 0.3) is 5.69 Å². The van der Waals surface area contributed by atoms with Gasteiger partial charge in [-0.15, -0.1) is 5.10 Å². The van der Waals surface area contributed by atoms with Crippen molar-refractivity contribution in [2.24, 2.45) is 0 Å². The number of nitrogens with one attached hydrogen (secondary N) is 3. The molecular weight excluding hydrogens is 374 g/mol. The number of nitrogens with zero attached hydrogens (tertiary/aromatic N) is 4. The number of hydrogen-bond donors (Lipinski definition) is 3. The van der Waals surface area contributed by atoms with Gasteiger partial charge in [0.05, 0.1) is 5.69 Å². The van der Waals surface area contributed by atoms with Crippen molar-refractivity contribution in [1.82, 2.24) is 31.1 Å². The number of halogens is 1. The Kier molecular flexibility index (Phi) is 5.40. The van der Waals surface area contributed by atoms with Crippen LogP contribution in [0.2, 0.25) is 5.02 Å². The lowest BCUT2D eigenvalue weighted by molar-refractivity contribution is 0.0944. The summed E-state index contributed by atoms with van der Waals surface area (Å²) < 4.78 is 1.49. The van der Waals surface area contributed by atoms with Gasteiger partial charge in [0.2, 0.25) is 0 Å². The minimum absolute atomic E-state index is 0.244. The zero-order valence-corrected chi connectivity index (χ0v) is 15.2. The predicted octanol–water partition coefficient (Wildman–Crippen LogP) is 2.26. The number of carbonyl (C=O) groups is 1. The van der Waals surface area contributed by atoms with E-state index >= 15 is 0 Å². The molecule has 0 unspecified atom stereocenters. The Morgan fingerprint density at radius 3 is 2.62 bits per heavy atom. The standard InChI is InChI=1S/C16H14ClN7OS/c1-10-13(17)3-2-4-14(10)19-16(26)21-20-15(25)11-5-7-12(8-6-11)24-9-18-22-23-24/h2-9H,1H3,(H,20,25)(H2,19,21,26). The fourth-order valence-electron chi connectivity index (χ4n) is 2.13. The SMILES string of the molecule is Cc1c(Cl)cccc1NC(=S)NNC(=O)c1ccc(-n2cnnn2)cc1. The van der Waals surface area contributed by atoms with Gasteiger partial charge >= 0.3 is 0 Å². The number of thiocarbonyl (C=S) groups is 1. The summed E-state index contributed by atoms with van der Waals surface area (Å²) >= 11 is 11.2. The van der Waals surface area contributed by atoms with E-state index in [0.29, 0.717) is 10.6 Å². The molecular formula is C16H14ClN7OS. The molecule has 0 radical (unpaired) electrons. The van der Waals surface area contributed by atoms with Gasteiger partial charge < -0.3 is 5.32 Å². The normalized spacial score (nSPS) is 10.2. The van der Waals surface area contributed by atoms with E-state index in [4.69, 9.17) is 23.8 Å². The zero-order chi connectivity index (χ0) is 18.5. The van der Waals surface area contributed by atoms with Crippen LogP contribution in [0.1, 0.15) is 15.9 Å². The van der Waals surface area contributed by atoms with Gasteiger partial charge in [0.25, 0.3) is 5.91 Å². The first-order valence-electron chi connectivity index (χ1n) is 7.50. The van der Waals surface area contributed by atoms with E-state index in [0.717, 1.165) is 16.9 Å². The molecule has 8 nitrogen and oxygen atoms in total. The number of benzene rings is 2. The molecule has 0 aliphatic rings. The molecule has 0 saturated carbocycles. The molecule has 2 aromatic carbocycles. The summed E-state index contributed by atoms with van der Waals surface area (Å²) in [6, 6.07) is 12.2. The van der Waals surface area contributed by atoms with Gasteiger partial charge in [0.15, 0.2) is 5.11 Å². The summed E-state index contributed by atoms with van der Waals surface area (Å²) in [6.07, 6.45) is 1.47. The van der Waals surface area contributed by atoms with Crippen LogP contribution in [0.3, 0.4) is 0 Å². The number of rotatable bonds is 3. The summed E-state index contributed by atoms with van der Waals surface area (Å²) in [5, 5.41) is 14.8. The van der Waals surface area contributed by atoms with Crippen molar-refractivity contribution in [3.05, 3.63) is 64.9 Å². The fraction of sp³-hybridized carbons (Fsp3) is 0.0625. The van der Waals surface area contributed by atoms with Crippen LogP contribution in [-0.2, 0) is 0 Å². The highest BCUT2D eigenvalue weighted by molar-refractivity contribution is 7.80. The van der Waals surface area contributed by atoms with Crippen LogP contribution in [0, 0.1) is 6.92 Å². The third-order valence-corrected chi connectivity index (χ3v) is 4.16. The van der Waals surface area contributed by atoms with Gasteiger partial charge in [-0.05, 0) is 71.5 Å². The molecule has 0 fully saturated rings. The Bertz CT molecular complexity index is 928. The highest BCUT2D eigenvalue weighted by Crippen LogP contribution is 2.22. The Balaban J connectivity index is 1.56. The third kappa shape index (κ3) is 4.13. The summed E-state index contributed by atoms with van der Waals surface area (Å²) in [7, 11) is 0. The largest absolute Gasteiger partial charge is 0.331 e. The maximum absolute atomic E-state index is 12.2. The van der Waals surface area contributed by atoms with E-state index in [1.165, 1.54) is 11.0 Å². The molecule has 1 aromatic heterocycles. The lowest BCUT2D eigenvalue weighted by Gasteiger charge is -2.14. The van der Waals surface area contributed by atoms with Gasteiger partial charge in [-0.2, -0.15) is 0 Å². The fourth-order valence-corrected chi connectivity index (χ4v) is 2.46. The highest BCUT2D eigenvalue weighted by atomic mass is 35.5. The van der Waals surface area contributed by atoms with Crippen molar-refractivity contribution >= 4 is 40.5 Å². The van der Waals surface area contributed by atoms with Crippen LogP contribution in [0.15, 0.2) is 48.8 Å². The smallest absolute Gasteiger partial charge is 0.269 e. The number of anilines is 1. The Hall–Kier alpha value is -3.04. The molecule has 0 aliphatic heterocycles. The van der Waals surface area contributed by atoms with Crippen LogP contribution in [0.5, 0.6) is 0 Å². The number of aromatic nitrogens is 4. The predicted molar refractivity (Wildman–Crippen MR) is 102 cm³/mol. The van der Waals surface area contributed by atoms with Crippen LogP contribution in [0.4, 0.5) is 5.69 Å². The first kappa shape index (κ1) is 17.8. The maximum Gasteiger partial charge on any atom is 0.269 e. The van der Waals surface area contributed by atoms with Crippen molar-refractivity contribution in [2.45, 2.75) is 6.92 Å². The molecule has 1 heterocycles. The van der Waals surface area contributed by atoms with Gasteiger partial charge in [0.1, 0.15) is 6.33 Å². The number of hydrogen-bond acceptors (Lipinski definition) is 5. The van der Waals surface area contributed by atoms with Crippen LogP contribution < -0.4 is 16.2 Å². The Labute approximate surface area is 159 Å². The molecule has 3 rings (SSSR count). The van der Waals surface area contributed by atoms with Crippen LogP contribution >= 0.6 is 23.8 Å². The van der Waals surface area contributed by atoms with E-state index in [-0.39, 0.29) is 11.0 Å². The maximum atomic E-state index is 12.2. The number of tetrazole rings is 1.